The van der Waals surface area contributed by atoms with E-state index in [0.29, 0.717) is 4.67 Å². The highest BCUT2D eigenvalue weighted by molar-refractivity contribution is 9.10. The molecule has 1 heterocycles. The maximum absolute atomic E-state index is 6.35. The average Bonchev–Trinajstić information content (AvgIpc) is 2.68. The molecule has 1 unspecified atom stereocenters. The molecule has 84 valence electrons. The van der Waals surface area contributed by atoms with Crippen molar-refractivity contribution in [1.82, 2.24) is 0 Å². The Morgan fingerprint density at radius 1 is 1.12 bits per heavy atom. The summed E-state index contributed by atoms with van der Waals surface area (Å²) in [5, 5.41) is -0.231. The largest absolute Gasteiger partial charge is 0.452 e. The van der Waals surface area contributed by atoms with Crippen LogP contribution in [0.1, 0.15) is 27.8 Å². The highest BCUT2D eigenvalue weighted by atomic mass is 79.9. The topological polar surface area (TPSA) is 13.1 Å². The average molecular weight is 300 g/mol. The van der Waals surface area contributed by atoms with Gasteiger partial charge in [0.25, 0.3) is 0 Å². The van der Waals surface area contributed by atoms with Crippen molar-refractivity contribution in [2.75, 3.05) is 0 Å². The van der Waals surface area contributed by atoms with Gasteiger partial charge in [-0.05, 0) is 58.6 Å². The third-order valence-electron chi connectivity index (χ3n) is 2.67. The number of furan rings is 1. The lowest BCUT2D eigenvalue weighted by molar-refractivity contribution is 0.494. The Hall–Kier alpha value is -0.730. The Morgan fingerprint density at radius 3 is 2.44 bits per heavy atom. The van der Waals surface area contributed by atoms with Crippen LogP contribution in [-0.4, -0.2) is 0 Å². The molecule has 2 rings (SSSR count). The highest BCUT2D eigenvalue weighted by Gasteiger charge is 2.15. The SMILES string of the molecule is Cc1ccc(C(Cl)c2ccc(Br)o2)cc1C. The standard InChI is InChI=1S/C13H12BrClO/c1-8-3-4-10(7-9(8)2)13(15)11-5-6-12(14)16-11/h3-7,13H,1-2H3. The summed E-state index contributed by atoms with van der Waals surface area (Å²) in [6, 6.07) is 9.96. The summed E-state index contributed by atoms with van der Waals surface area (Å²) < 4.78 is 6.16. The molecular formula is C13H12BrClO. The maximum atomic E-state index is 6.35. The summed E-state index contributed by atoms with van der Waals surface area (Å²) in [7, 11) is 0. The van der Waals surface area contributed by atoms with E-state index in [2.05, 4.69) is 41.9 Å². The molecule has 3 heteroatoms. The summed E-state index contributed by atoms with van der Waals surface area (Å²) >= 11 is 9.63. The van der Waals surface area contributed by atoms with Crippen molar-refractivity contribution in [2.24, 2.45) is 0 Å². The van der Waals surface area contributed by atoms with Gasteiger partial charge in [0.1, 0.15) is 11.1 Å². The molecule has 0 radical (unpaired) electrons. The molecule has 0 saturated heterocycles. The second-order valence-electron chi connectivity index (χ2n) is 3.85. The van der Waals surface area contributed by atoms with Gasteiger partial charge in [-0.25, -0.2) is 0 Å². The van der Waals surface area contributed by atoms with Crippen LogP contribution in [0.25, 0.3) is 0 Å². The molecule has 1 aromatic carbocycles. The van der Waals surface area contributed by atoms with Gasteiger partial charge < -0.3 is 4.42 Å². The van der Waals surface area contributed by atoms with Gasteiger partial charge >= 0.3 is 0 Å². The van der Waals surface area contributed by atoms with Crippen LogP contribution in [0.5, 0.6) is 0 Å². The Balaban J connectivity index is 2.33. The molecule has 0 spiro atoms. The molecule has 2 aromatic rings. The molecule has 1 aromatic heterocycles. The van der Waals surface area contributed by atoms with Crippen molar-refractivity contribution in [2.45, 2.75) is 19.2 Å². The van der Waals surface area contributed by atoms with E-state index in [1.54, 1.807) is 0 Å². The first-order valence-corrected chi connectivity index (χ1v) is 6.27. The Labute approximate surface area is 109 Å². The molecule has 0 aliphatic rings. The minimum Gasteiger partial charge on any atom is -0.452 e. The van der Waals surface area contributed by atoms with Crippen LogP contribution in [0.15, 0.2) is 39.4 Å². The van der Waals surface area contributed by atoms with Crippen LogP contribution < -0.4 is 0 Å². The molecule has 0 aliphatic carbocycles. The molecule has 0 N–H and O–H groups in total. The van der Waals surface area contributed by atoms with E-state index in [1.165, 1.54) is 11.1 Å². The predicted octanol–water partition coefficient (Wildman–Crippen LogP) is 4.99. The lowest BCUT2D eigenvalue weighted by Gasteiger charge is -2.09. The van der Waals surface area contributed by atoms with Gasteiger partial charge in [0.15, 0.2) is 4.67 Å². The molecule has 0 amide bonds. The van der Waals surface area contributed by atoms with Gasteiger partial charge in [-0.2, -0.15) is 0 Å². The zero-order chi connectivity index (χ0) is 11.7. The first kappa shape index (κ1) is 11.7. The van der Waals surface area contributed by atoms with Crippen LogP contribution in [0.4, 0.5) is 0 Å². The van der Waals surface area contributed by atoms with Crippen LogP contribution in [-0.2, 0) is 0 Å². The highest BCUT2D eigenvalue weighted by Crippen LogP contribution is 2.32. The van der Waals surface area contributed by atoms with E-state index < -0.39 is 0 Å². The minimum atomic E-state index is -0.231. The first-order valence-electron chi connectivity index (χ1n) is 5.04. The molecule has 0 saturated carbocycles. The lowest BCUT2D eigenvalue weighted by Crippen LogP contribution is -1.93. The van der Waals surface area contributed by atoms with Crippen molar-refractivity contribution in [3.8, 4) is 0 Å². The van der Waals surface area contributed by atoms with Crippen molar-refractivity contribution in [3.05, 3.63) is 57.5 Å². The number of rotatable bonds is 2. The second kappa shape index (κ2) is 4.64. The fourth-order valence-corrected chi connectivity index (χ4v) is 2.12. The maximum Gasteiger partial charge on any atom is 0.169 e. The quantitative estimate of drug-likeness (QED) is 0.712. The fraction of sp³-hybridized carbons (Fsp3) is 0.231. The third kappa shape index (κ3) is 2.33. The minimum absolute atomic E-state index is 0.231. The van der Waals surface area contributed by atoms with E-state index in [0.717, 1.165) is 11.3 Å². The fourth-order valence-electron chi connectivity index (χ4n) is 1.55. The Morgan fingerprint density at radius 2 is 1.88 bits per heavy atom. The second-order valence-corrected chi connectivity index (χ2v) is 5.07. The Bertz CT molecular complexity index is 504. The first-order chi connectivity index (χ1) is 7.58. The van der Waals surface area contributed by atoms with Crippen LogP contribution in [0.2, 0.25) is 0 Å². The summed E-state index contributed by atoms with van der Waals surface area (Å²) in [6.45, 7) is 4.17. The molecule has 16 heavy (non-hydrogen) atoms. The predicted molar refractivity (Wildman–Crippen MR) is 70.0 cm³/mol. The molecule has 0 fully saturated rings. The summed E-state index contributed by atoms with van der Waals surface area (Å²) in [5.41, 5.74) is 3.58. The third-order valence-corrected chi connectivity index (χ3v) is 3.56. The molecular weight excluding hydrogens is 287 g/mol. The van der Waals surface area contributed by atoms with Crippen LogP contribution in [0.3, 0.4) is 0 Å². The van der Waals surface area contributed by atoms with Crippen molar-refractivity contribution < 1.29 is 4.42 Å². The van der Waals surface area contributed by atoms with Gasteiger partial charge in [0, 0.05) is 0 Å². The number of aryl methyl sites for hydroxylation is 2. The van der Waals surface area contributed by atoms with Gasteiger partial charge in [-0.1, -0.05) is 18.2 Å². The summed E-state index contributed by atoms with van der Waals surface area (Å²) in [6.07, 6.45) is 0. The zero-order valence-corrected chi connectivity index (χ0v) is 11.5. The van der Waals surface area contributed by atoms with Crippen molar-refractivity contribution >= 4 is 27.5 Å². The van der Waals surface area contributed by atoms with Crippen molar-refractivity contribution in [3.63, 3.8) is 0 Å². The number of alkyl halides is 1. The summed E-state index contributed by atoms with van der Waals surface area (Å²) in [4.78, 5) is 0. The zero-order valence-electron chi connectivity index (χ0n) is 9.13. The van der Waals surface area contributed by atoms with Gasteiger partial charge in [0.05, 0.1) is 0 Å². The molecule has 1 nitrogen and oxygen atoms in total. The van der Waals surface area contributed by atoms with Gasteiger partial charge in [0.2, 0.25) is 0 Å². The van der Waals surface area contributed by atoms with E-state index in [9.17, 15) is 0 Å². The van der Waals surface area contributed by atoms with Crippen LogP contribution in [0, 0.1) is 13.8 Å². The normalized spacial score (nSPS) is 12.8. The van der Waals surface area contributed by atoms with Gasteiger partial charge in [-0.3, -0.25) is 0 Å². The number of hydrogen-bond acceptors (Lipinski definition) is 1. The molecule has 1 atom stereocenters. The van der Waals surface area contributed by atoms with E-state index in [-0.39, 0.29) is 5.38 Å². The monoisotopic (exact) mass is 298 g/mol. The van der Waals surface area contributed by atoms with Gasteiger partial charge in [-0.15, -0.1) is 11.6 Å². The number of benzene rings is 1. The smallest absolute Gasteiger partial charge is 0.169 e. The molecule has 0 bridgehead atoms. The van der Waals surface area contributed by atoms with Crippen LogP contribution >= 0.6 is 27.5 Å². The summed E-state index contributed by atoms with van der Waals surface area (Å²) in [5.74, 6) is 0.761. The Kier molecular flexibility index (Phi) is 3.41. The van der Waals surface area contributed by atoms with Crippen molar-refractivity contribution in [1.29, 1.82) is 0 Å². The van der Waals surface area contributed by atoms with E-state index in [1.807, 2.05) is 18.2 Å². The molecule has 0 aliphatic heterocycles. The van der Waals surface area contributed by atoms with E-state index >= 15 is 0 Å². The number of hydrogen-bond donors (Lipinski definition) is 0. The lowest BCUT2D eigenvalue weighted by atomic mass is 10.0. The van der Waals surface area contributed by atoms with E-state index in [4.69, 9.17) is 16.0 Å². The number of halogens is 2.